The second kappa shape index (κ2) is 13.6. The van der Waals surface area contributed by atoms with Crippen molar-refractivity contribution in [2.24, 2.45) is 0 Å². The molecule has 1 aromatic heterocycles. The molecule has 0 fully saturated rings. The van der Waals surface area contributed by atoms with Crippen molar-refractivity contribution in [3.05, 3.63) is 231 Å². The Hall–Kier alpha value is -8.30. The van der Waals surface area contributed by atoms with Crippen LogP contribution in [0, 0.1) is 0 Å². The van der Waals surface area contributed by atoms with E-state index in [4.69, 9.17) is 0 Å². The van der Waals surface area contributed by atoms with Crippen LogP contribution in [0.25, 0.3) is 115 Å². The number of hydrogen-bond donors (Lipinski definition) is 1. The molecule has 1 aliphatic rings. The molecule has 296 valence electrons. The summed E-state index contributed by atoms with van der Waals surface area (Å²) in [5.41, 5.74) is 14.9. The van der Waals surface area contributed by atoms with E-state index >= 15 is 0 Å². The number of benzene rings is 12. The molecule has 0 aliphatic carbocycles. The fraction of sp³-hybridized carbons (Fsp3) is 0. The minimum absolute atomic E-state index is 1.15. The van der Waals surface area contributed by atoms with E-state index < -0.39 is 0 Å². The molecule has 12 aromatic carbocycles. The summed E-state index contributed by atoms with van der Waals surface area (Å²) in [5, 5.41) is 15.4. The minimum atomic E-state index is 1.15. The molecule has 0 spiro atoms. The van der Waals surface area contributed by atoms with E-state index in [-0.39, 0.29) is 0 Å². The average molecular weight is 812 g/mol. The molecule has 1 unspecified atom stereocenters. The molecule has 0 saturated carbocycles. The zero-order chi connectivity index (χ0) is 41.9. The number of nitrogens with zero attached hydrogens (tertiary/aromatic N) is 1. The first-order chi connectivity index (χ1) is 31.8. The molecule has 0 bridgehead atoms. The number of para-hydroxylation sites is 3. The first-order valence-corrected chi connectivity index (χ1v) is 22.3. The van der Waals surface area contributed by atoms with Gasteiger partial charge in [0.25, 0.3) is 0 Å². The lowest BCUT2D eigenvalue weighted by Gasteiger charge is -2.18. The number of aromatic nitrogens is 1. The number of quaternary nitrogens is 1. The van der Waals surface area contributed by atoms with Gasteiger partial charge in [-0.25, -0.2) is 4.90 Å². The summed E-state index contributed by atoms with van der Waals surface area (Å²) in [6.07, 6.45) is 0. The average Bonchev–Trinajstić information content (AvgIpc) is 3.88. The van der Waals surface area contributed by atoms with Crippen molar-refractivity contribution in [1.82, 2.24) is 4.57 Å². The maximum Gasteiger partial charge on any atom is 0.150 e. The van der Waals surface area contributed by atoms with Crippen molar-refractivity contribution >= 4 is 92.7 Å². The summed E-state index contributed by atoms with van der Waals surface area (Å²) < 4.78 is 2.44. The van der Waals surface area contributed by atoms with Crippen molar-refractivity contribution in [3.8, 4) is 39.1 Å². The van der Waals surface area contributed by atoms with Crippen molar-refractivity contribution in [2.75, 3.05) is 0 Å². The predicted octanol–water partition coefficient (Wildman–Crippen LogP) is 16.0. The van der Waals surface area contributed by atoms with Crippen LogP contribution < -0.4 is 4.90 Å². The highest BCUT2D eigenvalue weighted by molar-refractivity contribution is 6.36. The Morgan fingerprint density at radius 2 is 0.859 bits per heavy atom. The smallest absolute Gasteiger partial charge is 0.150 e. The van der Waals surface area contributed by atoms with Crippen molar-refractivity contribution in [3.63, 3.8) is 0 Å². The van der Waals surface area contributed by atoms with Gasteiger partial charge in [0.1, 0.15) is 17.1 Å². The molecular weight excluding hydrogens is 773 g/mol. The van der Waals surface area contributed by atoms with Gasteiger partial charge in [-0.15, -0.1) is 0 Å². The van der Waals surface area contributed by atoms with Crippen molar-refractivity contribution in [2.45, 2.75) is 0 Å². The van der Waals surface area contributed by atoms with Crippen LogP contribution in [-0.2, 0) is 0 Å². The molecule has 13 aromatic rings. The van der Waals surface area contributed by atoms with Crippen LogP contribution >= 0.6 is 0 Å². The van der Waals surface area contributed by atoms with Gasteiger partial charge in [-0.3, -0.25) is 0 Å². The third-order valence-electron chi connectivity index (χ3n) is 14.0. The van der Waals surface area contributed by atoms with Gasteiger partial charge in [0.2, 0.25) is 0 Å². The van der Waals surface area contributed by atoms with E-state index in [1.807, 2.05) is 0 Å². The topological polar surface area (TPSA) is 9.37 Å². The Kier molecular flexibility index (Phi) is 7.50. The Bertz CT molecular complexity index is 4060. The molecule has 0 radical (unpaired) electrons. The third kappa shape index (κ3) is 5.06. The Morgan fingerprint density at radius 1 is 0.281 bits per heavy atom. The van der Waals surface area contributed by atoms with Crippen LogP contribution in [0.15, 0.2) is 231 Å². The minimum Gasteiger partial charge on any atom is -0.309 e. The molecule has 0 saturated heterocycles. The van der Waals surface area contributed by atoms with Crippen molar-refractivity contribution < 1.29 is 4.90 Å². The summed E-state index contributed by atoms with van der Waals surface area (Å²) >= 11 is 0. The zero-order valence-corrected chi connectivity index (χ0v) is 34.9. The molecule has 2 nitrogen and oxygen atoms in total. The highest BCUT2D eigenvalue weighted by Gasteiger charge is 2.33. The van der Waals surface area contributed by atoms with Gasteiger partial charge < -0.3 is 4.57 Å². The van der Waals surface area contributed by atoms with Gasteiger partial charge in [-0.1, -0.05) is 158 Å². The first kappa shape index (κ1) is 35.3. The predicted molar refractivity (Wildman–Crippen MR) is 271 cm³/mol. The van der Waals surface area contributed by atoms with Crippen LogP contribution in [0.4, 0.5) is 17.1 Å². The lowest BCUT2D eigenvalue weighted by atomic mass is 9.85. The number of fused-ring (bicyclic) bond motifs is 16. The Labute approximate surface area is 370 Å². The summed E-state index contributed by atoms with van der Waals surface area (Å²) in [4.78, 5) is 1.31. The number of rotatable bonds is 4. The van der Waals surface area contributed by atoms with Crippen LogP contribution in [0.1, 0.15) is 0 Å². The standard InChI is InChI=1S/C62H38N2/c1-2-15-43(16-3-1)64-57-24-12-10-21-49(57)51-33-29-42(37-60(51)64)41-30-35-59-55(36-41)50-22-11-13-25-58(50)63(59)44-31-26-40(27-32-44)54-38-56-48-20-7-6-18-46(48)47-19-8-9-23-52(47)62(56)61-45-17-5-4-14-39(45)28-34-53(54)61/h1-38H/p+1. The highest BCUT2D eigenvalue weighted by Crippen LogP contribution is 2.46. The monoisotopic (exact) mass is 811 g/mol. The molecule has 2 heteroatoms. The van der Waals surface area contributed by atoms with E-state index in [0.29, 0.717) is 0 Å². The van der Waals surface area contributed by atoms with E-state index in [2.05, 4.69) is 235 Å². The molecule has 14 rings (SSSR count). The lowest BCUT2D eigenvalue weighted by molar-refractivity contribution is -0.677. The van der Waals surface area contributed by atoms with Gasteiger partial charge in [-0.05, 0) is 137 Å². The molecule has 1 aliphatic heterocycles. The quantitative estimate of drug-likeness (QED) is 0.170. The SMILES string of the molecule is c1ccc([NH+]2c3ccccc3-c3ccc(-c4ccc5c(c4)c4ccccc4n5-c4ccc(-c5cc6c7ccccc7c7ccccc7c6c6c5ccc5ccccc56)cc4)cc32)cc1. The summed E-state index contributed by atoms with van der Waals surface area (Å²) in [6.45, 7) is 0. The van der Waals surface area contributed by atoms with Gasteiger partial charge in [-0.2, -0.15) is 0 Å². The summed E-state index contributed by atoms with van der Waals surface area (Å²) in [6, 6.07) is 85.6. The second-order valence-corrected chi connectivity index (χ2v) is 17.3. The number of hydrogen-bond acceptors (Lipinski definition) is 0. The van der Waals surface area contributed by atoms with Crippen LogP contribution in [0.3, 0.4) is 0 Å². The van der Waals surface area contributed by atoms with Gasteiger partial charge in [0.15, 0.2) is 0 Å². The maximum atomic E-state index is 2.45. The maximum absolute atomic E-state index is 2.45. The molecular formula is C62H39N2+. The lowest BCUT2D eigenvalue weighted by Crippen LogP contribution is -2.95. The van der Waals surface area contributed by atoms with E-state index in [1.165, 1.54) is 131 Å². The van der Waals surface area contributed by atoms with Gasteiger partial charge >= 0.3 is 0 Å². The first-order valence-electron chi connectivity index (χ1n) is 22.3. The molecule has 64 heavy (non-hydrogen) atoms. The van der Waals surface area contributed by atoms with Gasteiger partial charge in [0, 0.05) is 39.7 Å². The van der Waals surface area contributed by atoms with Crippen LogP contribution in [0.2, 0.25) is 0 Å². The number of nitrogens with one attached hydrogen (secondary N) is 1. The fourth-order valence-electron chi connectivity index (χ4n) is 11.2. The van der Waals surface area contributed by atoms with E-state index in [0.717, 1.165) is 5.69 Å². The zero-order valence-electron chi connectivity index (χ0n) is 34.9. The Balaban J connectivity index is 0.924. The largest absolute Gasteiger partial charge is 0.309 e. The van der Waals surface area contributed by atoms with Crippen molar-refractivity contribution in [1.29, 1.82) is 0 Å². The van der Waals surface area contributed by atoms with Crippen LogP contribution in [-0.4, -0.2) is 4.57 Å². The van der Waals surface area contributed by atoms with Crippen LogP contribution in [0.5, 0.6) is 0 Å². The van der Waals surface area contributed by atoms with E-state index in [1.54, 1.807) is 0 Å². The Morgan fingerprint density at radius 3 is 1.69 bits per heavy atom. The third-order valence-corrected chi connectivity index (χ3v) is 14.0. The fourth-order valence-corrected chi connectivity index (χ4v) is 11.2. The van der Waals surface area contributed by atoms with Gasteiger partial charge in [0.05, 0.1) is 11.0 Å². The summed E-state index contributed by atoms with van der Waals surface area (Å²) in [7, 11) is 0. The highest BCUT2D eigenvalue weighted by atomic mass is 15.2. The second-order valence-electron chi connectivity index (χ2n) is 17.3. The normalized spacial score (nSPS) is 13.5. The molecule has 1 N–H and O–H groups in total. The molecule has 0 amide bonds. The summed E-state index contributed by atoms with van der Waals surface area (Å²) in [5.74, 6) is 0. The van der Waals surface area contributed by atoms with E-state index in [9.17, 15) is 0 Å². The molecule has 2 heterocycles. The molecule has 1 atom stereocenters.